The molecule has 15 heavy (non-hydrogen) atoms. The first-order valence-electron chi connectivity index (χ1n) is 5.02. The lowest BCUT2D eigenvalue weighted by molar-refractivity contribution is 0.517. The molecule has 2 aromatic rings. The first-order chi connectivity index (χ1) is 7.13. The van der Waals surface area contributed by atoms with Gasteiger partial charge in [-0.1, -0.05) is 42.5 Å². The molecule has 0 aliphatic carbocycles. The number of hydrogen-bond acceptors (Lipinski definition) is 1. The van der Waals surface area contributed by atoms with Gasteiger partial charge in [0.15, 0.2) is 0 Å². The predicted molar refractivity (Wildman–Crippen MR) is 62.7 cm³/mol. The average molecular weight is 197 g/mol. The van der Waals surface area contributed by atoms with Crippen molar-refractivity contribution in [2.24, 2.45) is 0 Å². The van der Waals surface area contributed by atoms with Crippen molar-refractivity contribution in [2.75, 3.05) is 0 Å². The Kier molecular flexibility index (Phi) is 2.31. The van der Waals surface area contributed by atoms with Crippen molar-refractivity contribution in [3.05, 3.63) is 48.0 Å². The Morgan fingerprint density at radius 1 is 1.00 bits per heavy atom. The molecule has 1 nitrogen and oxygen atoms in total. The van der Waals surface area contributed by atoms with E-state index >= 15 is 0 Å². The number of fused-ring (bicyclic) bond motifs is 1. The standard InChI is InChI=1S/C14H13O/c1-14(2,10-15)13-8-7-11-5-3-4-6-12(11)9-13/h3-9H,1-2H3. The lowest BCUT2D eigenvalue weighted by Gasteiger charge is -2.16. The van der Waals surface area contributed by atoms with E-state index in [4.69, 9.17) is 0 Å². The fourth-order valence-electron chi connectivity index (χ4n) is 1.64. The smallest absolute Gasteiger partial charge is 0.209 e. The molecule has 0 saturated heterocycles. The summed E-state index contributed by atoms with van der Waals surface area (Å²) in [6, 6.07) is 14.2. The summed E-state index contributed by atoms with van der Waals surface area (Å²) < 4.78 is 0. The summed E-state index contributed by atoms with van der Waals surface area (Å²) in [5, 5.41) is 2.36. The van der Waals surface area contributed by atoms with E-state index in [1.807, 2.05) is 38.1 Å². The molecule has 0 amide bonds. The predicted octanol–water partition coefficient (Wildman–Crippen LogP) is 3.23. The van der Waals surface area contributed by atoms with E-state index < -0.39 is 5.41 Å². The van der Waals surface area contributed by atoms with E-state index in [0.29, 0.717) is 0 Å². The zero-order chi connectivity index (χ0) is 10.9. The molecule has 75 valence electrons. The van der Waals surface area contributed by atoms with Crippen molar-refractivity contribution in [3.63, 3.8) is 0 Å². The second kappa shape index (κ2) is 3.50. The fourth-order valence-corrected chi connectivity index (χ4v) is 1.64. The van der Waals surface area contributed by atoms with Gasteiger partial charge in [-0.05, 0) is 30.2 Å². The highest BCUT2D eigenvalue weighted by molar-refractivity contribution is 5.84. The van der Waals surface area contributed by atoms with E-state index in [1.54, 1.807) is 0 Å². The maximum absolute atomic E-state index is 10.8. The van der Waals surface area contributed by atoms with Gasteiger partial charge in [-0.2, -0.15) is 0 Å². The molecule has 0 aliphatic rings. The molecule has 0 saturated carbocycles. The van der Waals surface area contributed by atoms with Crippen LogP contribution < -0.4 is 0 Å². The third-order valence-corrected chi connectivity index (χ3v) is 2.73. The molecule has 1 radical (unpaired) electrons. The maximum atomic E-state index is 10.8. The van der Waals surface area contributed by atoms with E-state index in [1.165, 1.54) is 10.8 Å². The Hall–Kier alpha value is -1.63. The average Bonchev–Trinajstić information content (AvgIpc) is 2.28. The van der Waals surface area contributed by atoms with Crippen LogP contribution >= 0.6 is 0 Å². The summed E-state index contributed by atoms with van der Waals surface area (Å²) in [6.07, 6.45) is 2.07. The number of carbonyl (C=O) groups excluding carboxylic acids is 1. The minimum absolute atomic E-state index is 0.524. The van der Waals surface area contributed by atoms with E-state index in [2.05, 4.69) is 24.5 Å². The van der Waals surface area contributed by atoms with Crippen LogP contribution in [0, 0.1) is 0 Å². The Labute approximate surface area is 89.7 Å². The van der Waals surface area contributed by atoms with Gasteiger partial charge in [-0.25, -0.2) is 0 Å². The molecule has 0 aromatic heterocycles. The van der Waals surface area contributed by atoms with Crippen LogP contribution in [0.1, 0.15) is 19.4 Å². The van der Waals surface area contributed by atoms with Gasteiger partial charge >= 0.3 is 0 Å². The monoisotopic (exact) mass is 197 g/mol. The fraction of sp³-hybridized carbons (Fsp3) is 0.214. The first-order valence-corrected chi connectivity index (χ1v) is 5.02. The summed E-state index contributed by atoms with van der Waals surface area (Å²) in [7, 11) is 0. The Morgan fingerprint density at radius 3 is 2.33 bits per heavy atom. The third kappa shape index (κ3) is 1.78. The van der Waals surface area contributed by atoms with Crippen LogP contribution in [0.2, 0.25) is 0 Å². The van der Waals surface area contributed by atoms with E-state index in [0.717, 1.165) is 5.56 Å². The summed E-state index contributed by atoms with van der Waals surface area (Å²) in [5.74, 6) is 0. The van der Waals surface area contributed by atoms with Crippen LogP contribution in [0.15, 0.2) is 42.5 Å². The molecule has 1 heteroatoms. The SMILES string of the molecule is CC(C)([C]=O)c1ccc2ccccc2c1. The maximum Gasteiger partial charge on any atom is 0.209 e. The lowest BCUT2D eigenvalue weighted by Crippen LogP contribution is -2.18. The Balaban J connectivity index is 2.61. The van der Waals surface area contributed by atoms with Crippen molar-refractivity contribution in [2.45, 2.75) is 19.3 Å². The molecule has 0 heterocycles. The van der Waals surface area contributed by atoms with Crippen molar-refractivity contribution < 1.29 is 4.79 Å². The van der Waals surface area contributed by atoms with Crippen LogP contribution in [0.5, 0.6) is 0 Å². The number of hydrogen-bond donors (Lipinski definition) is 0. The van der Waals surface area contributed by atoms with Crippen LogP contribution in [-0.2, 0) is 10.2 Å². The van der Waals surface area contributed by atoms with Crippen LogP contribution in [-0.4, -0.2) is 6.29 Å². The molecule has 2 aromatic carbocycles. The normalized spacial score (nSPS) is 11.6. The summed E-state index contributed by atoms with van der Waals surface area (Å²) in [5.41, 5.74) is 0.487. The largest absolute Gasteiger partial charge is 0.290 e. The van der Waals surface area contributed by atoms with Crippen molar-refractivity contribution >= 4 is 17.1 Å². The summed E-state index contributed by atoms with van der Waals surface area (Å²) >= 11 is 0. The van der Waals surface area contributed by atoms with E-state index in [-0.39, 0.29) is 0 Å². The van der Waals surface area contributed by atoms with Gasteiger partial charge in [0, 0.05) is 0 Å². The summed E-state index contributed by atoms with van der Waals surface area (Å²) in [6.45, 7) is 3.76. The molecule has 0 aliphatic heterocycles. The van der Waals surface area contributed by atoms with Crippen LogP contribution in [0.4, 0.5) is 0 Å². The van der Waals surface area contributed by atoms with Crippen molar-refractivity contribution in [1.29, 1.82) is 0 Å². The Morgan fingerprint density at radius 2 is 1.67 bits per heavy atom. The molecule has 0 unspecified atom stereocenters. The highest BCUT2D eigenvalue weighted by Crippen LogP contribution is 2.24. The number of benzene rings is 2. The minimum Gasteiger partial charge on any atom is -0.290 e. The van der Waals surface area contributed by atoms with Gasteiger partial charge in [-0.15, -0.1) is 0 Å². The molecule has 0 N–H and O–H groups in total. The minimum atomic E-state index is -0.524. The van der Waals surface area contributed by atoms with Crippen molar-refractivity contribution in [3.8, 4) is 0 Å². The highest BCUT2D eigenvalue weighted by atomic mass is 16.1. The zero-order valence-electron chi connectivity index (χ0n) is 8.95. The quantitative estimate of drug-likeness (QED) is 0.722. The second-order valence-electron chi connectivity index (χ2n) is 4.29. The Bertz CT molecular complexity index is 497. The van der Waals surface area contributed by atoms with Crippen molar-refractivity contribution in [1.82, 2.24) is 0 Å². The molecular weight excluding hydrogens is 184 g/mol. The third-order valence-electron chi connectivity index (χ3n) is 2.73. The topological polar surface area (TPSA) is 17.1 Å². The first kappa shape index (κ1) is 9.91. The second-order valence-corrected chi connectivity index (χ2v) is 4.29. The zero-order valence-corrected chi connectivity index (χ0v) is 8.95. The summed E-state index contributed by atoms with van der Waals surface area (Å²) in [4.78, 5) is 10.8. The molecule has 2 rings (SSSR count). The van der Waals surface area contributed by atoms with Gasteiger partial charge in [-0.3, -0.25) is 4.79 Å². The highest BCUT2D eigenvalue weighted by Gasteiger charge is 2.20. The van der Waals surface area contributed by atoms with Gasteiger partial charge in [0.05, 0.1) is 5.41 Å². The van der Waals surface area contributed by atoms with Gasteiger partial charge < -0.3 is 0 Å². The molecule has 0 fully saturated rings. The number of rotatable bonds is 2. The van der Waals surface area contributed by atoms with Gasteiger partial charge in [0.25, 0.3) is 0 Å². The molecule has 0 bridgehead atoms. The van der Waals surface area contributed by atoms with Gasteiger partial charge in [0.1, 0.15) is 0 Å². The van der Waals surface area contributed by atoms with Gasteiger partial charge in [0.2, 0.25) is 6.29 Å². The molecule has 0 atom stereocenters. The lowest BCUT2D eigenvalue weighted by atomic mass is 9.85. The van der Waals surface area contributed by atoms with Crippen LogP contribution in [0.25, 0.3) is 10.8 Å². The molecule has 0 spiro atoms. The van der Waals surface area contributed by atoms with E-state index in [9.17, 15) is 4.79 Å². The molecular formula is C14H13O. The van der Waals surface area contributed by atoms with Crippen LogP contribution in [0.3, 0.4) is 0 Å².